The van der Waals surface area contributed by atoms with Crippen molar-refractivity contribution in [3.05, 3.63) is 60.7 Å². The van der Waals surface area contributed by atoms with Crippen molar-refractivity contribution in [1.29, 1.82) is 0 Å². The van der Waals surface area contributed by atoms with Gasteiger partial charge in [-0.1, -0.05) is 18.2 Å². The van der Waals surface area contributed by atoms with Crippen LogP contribution in [0.3, 0.4) is 0 Å². The molecule has 0 unspecified atom stereocenters. The Hall–Kier alpha value is -2.55. The topological polar surface area (TPSA) is 34.1 Å². The number of rotatable bonds is 3. The monoisotopic (exact) mass is 250 g/mol. The highest BCUT2D eigenvalue weighted by atomic mass is 16.5. The van der Waals surface area contributed by atoms with Gasteiger partial charge in [-0.25, -0.2) is 4.98 Å². The number of hydrogen-bond acceptors (Lipinski definition) is 3. The molecule has 0 aliphatic carbocycles. The van der Waals surface area contributed by atoms with Gasteiger partial charge >= 0.3 is 0 Å². The highest BCUT2D eigenvalue weighted by molar-refractivity contribution is 5.81. The van der Waals surface area contributed by atoms with Crippen molar-refractivity contribution >= 4 is 16.7 Å². The van der Waals surface area contributed by atoms with Crippen molar-refractivity contribution in [2.45, 2.75) is 0 Å². The molecule has 3 aromatic rings. The zero-order chi connectivity index (χ0) is 13.1. The summed E-state index contributed by atoms with van der Waals surface area (Å²) < 4.78 is 5.80. The second kappa shape index (κ2) is 4.98. The molecule has 1 aromatic heterocycles. The first kappa shape index (κ1) is 11.5. The highest BCUT2D eigenvalue weighted by Gasteiger charge is 2.01. The van der Waals surface area contributed by atoms with Crippen LogP contribution >= 0.6 is 0 Å². The minimum Gasteiger partial charge on any atom is -0.457 e. The Morgan fingerprint density at radius 3 is 2.53 bits per heavy atom. The summed E-state index contributed by atoms with van der Waals surface area (Å²) in [4.78, 5) is 4.48. The van der Waals surface area contributed by atoms with E-state index in [1.54, 1.807) is 0 Å². The molecule has 0 saturated heterocycles. The van der Waals surface area contributed by atoms with Crippen LogP contribution in [-0.2, 0) is 0 Å². The summed E-state index contributed by atoms with van der Waals surface area (Å²) in [5.41, 5.74) is 0.951. The Labute approximate surface area is 111 Å². The number of ether oxygens (including phenoxy) is 1. The predicted octanol–water partition coefficient (Wildman–Crippen LogP) is 4.07. The molecular formula is C16H14N2O. The molecule has 2 aromatic carbocycles. The first-order valence-corrected chi connectivity index (χ1v) is 6.16. The number of para-hydroxylation sites is 1. The third kappa shape index (κ3) is 2.50. The quantitative estimate of drug-likeness (QED) is 0.760. The van der Waals surface area contributed by atoms with E-state index in [-0.39, 0.29) is 0 Å². The lowest BCUT2D eigenvalue weighted by atomic mass is 10.2. The van der Waals surface area contributed by atoms with Crippen molar-refractivity contribution in [2.75, 3.05) is 12.4 Å². The van der Waals surface area contributed by atoms with Gasteiger partial charge in [0.2, 0.25) is 0 Å². The van der Waals surface area contributed by atoms with E-state index < -0.39 is 0 Å². The molecule has 3 nitrogen and oxygen atoms in total. The Bertz CT molecular complexity index is 695. The van der Waals surface area contributed by atoms with Crippen LogP contribution in [0.15, 0.2) is 60.7 Å². The smallest absolute Gasteiger partial charge is 0.128 e. The predicted molar refractivity (Wildman–Crippen MR) is 77.8 cm³/mol. The number of benzene rings is 2. The summed E-state index contributed by atoms with van der Waals surface area (Å²) in [5, 5.41) is 4.09. The Kier molecular flexibility index (Phi) is 3.02. The van der Waals surface area contributed by atoms with Crippen LogP contribution in [0.2, 0.25) is 0 Å². The molecule has 0 bridgehead atoms. The second-order valence-corrected chi connectivity index (χ2v) is 4.22. The number of aromatic nitrogens is 1. The maximum absolute atomic E-state index is 5.80. The van der Waals surface area contributed by atoms with Gasteiger partial charge in [0.1, 0.15) is 17.3 Å². The maximum Gasteiger partial charge on any atom is 0.128 e. The minimum atomic E-state index is 0.817. The van der Waals surface area contributed by atoms with E-state index in [2.05, 4.69) is 10.3 Å². The molecule has 0 amide bonds. The fourth-order valence-electron chi connectivity index (χ4n) is 1.93. The summed E-state index contributed by atoms with van der Waals surface area (Å²) in [5.74, 6) is 2.52. The van der Waals surface area contributed by atoms with E-state index >= 15 is 0 Å². The van der Waals surface area contributed by atoms with E-state index in [1.807, 2.05) is 67.7 Å². The van der Waals surface area contributed by atoms with Crippen molar-refractivity contribution in [3.8, 4) is 11.5 Å². The fraction of sp³-hybridized carbons (Fsp3) is 0.0625. The van der Waals surface area contributed by atoms with Crippen LogP contribution in [0.4, 0.5) is 5.82 Å². The Balaban J connectivity index is 1.94. The molecule has 0 radical (unpaired) electrons. The molecule has 0 saturated carbocycles. The Morgan fingerprint density at radius 2 is 1.74 bits per heavy atom. The largest absolute Gasteiger partial charge is 0.457 e. The molecule has 0 spiro atoms. The highest BCUT2D eigenvalue weighted by Crippen LogP contribution is 2.25. The van der Waals surface area contributed by atoms with Crippen LogP contribution in [0.25, 0.3) is 10.9 Å². The number of hydrogen-bond donors (Lipinski definition) is 1. The summed E-state index contributed by atoms with van der Waals surface area (Å²) in [6, 6.07) is 19.6. The zero-order valence-electron chi connectivity index (χ0n) is 10.6. The van der Waals surface area contributed by atoms with Gasteiger partial charge in [0.15, 0.2) is 0 Å². The number of fused-ring (bicyclic) bond motifs is 1. The second-order valence-electron chi connectivity index (χ2n) is 4.22. The minimum absolute atomic E-state index is 0.817. The lowest BCUT2D eigenvalue weighted by Gasteiger charge is -2.07. The fourth-order valence-corrected chi connectivity index (χ4v) is 1.93. The molecule has 3 heteroatoms. The molecule has 1 heterocycles. The van der Waals surface area contributed by atoms with Crippen LogP contribution in [0.1, 0.15) is 0 Å². The molecule has 0 aliphatic heterocycles. The van der Waals surface area contributed by atoms with Gasteiger partial charge < -0.3 is 10.1 Å². The molecule has 1 N–H and O–H groups in total. The van der Waals surface area contributed by atoms with Crippen LogP contribution < -0.4 is 10.1 Å². The summed E-state index contributed by atoms with van der Waals surface area (Å²) in [7, 11) is 1.86. The molecule has 94 valence electrons. The van der Waals surface area contributed by atoms with Crippen molar-refractivity contribution in [1.82, 2.24) is 4.98 Å². The van der Waals surface area contributed by atoms with Gasteiger partial charge in [-0.05, 0) is 42.5 Å². The maximum atomic E-state index is 5.80. The average molecular weight is 250 g/mol. The van der Waals surface area contributed by atoms with E-state index in [1.165, 1.54) is 0 Å². The summed E-state index contributed by atoms with van der Waals surface area (Å²) >= 11 is 0. The third-order valence-corrected chi connectivity index (χ3v) is 2.90. The zero-order valence-corrected chi connectivity index (χ0v) is 10.6. The van der Waals surface area contributed by atoms with Gasteiger partial charge in [0.05, 0.1) is 5.52 Å². The van der Waals surface area contributed by atoms with Crippen molar-refractivity contribution < 1.29 is 4.74 Å². The lowest BCUT2D eigenvalue weighted by molar-refractivity contribution is 0.483. The first-order valence-electron chi connectivity index (χ1n) is 6.16. The van der Waals surface area contributed by atoms with Crippen molar-refractivity contribution in [3.63, 3.8) is 0 Å². The van der Waals surface area contributed by atoms with E-state index in [0.717, 1.165) is 28.2 Å². The summed E-state index contributed by atoms with van der Waals surface area (Å²) in [6.07, 6.45) is 0. The number of nitrogens with one attached hydrogen (secondary N) is 1. The van der Waals surface area contributed by atoms with E-state index in [9.17, 15) is 0 Å². The Morgan fingerprint density at radius 1 is 0.895 bits per heavy atom. The van der Waals surface area contributed by atoms with Crippen molar-refractivity contribution in [2.24, 2.45) is 0 Å². The molecule has 3 rings (SSSR count). The lowest BCUT2D eigenvalue weighted by Crippen LogP contribution is -1.92. The van der Waals surface area contributed by atoms with Gasteiger partial charge in [0, 0.05) is 12.4 Å². The van der Waals surface area contributed by atoms with E-state index in [0.29, 0.717) is 0 Å². The normalized spacial score (nSPS) is 10.4. The molecule has 0 aliphatic rings. The van der Waals surface area contributed by atoms with Gasteiger partial charge in [-0.3, -0.25) is 0 Å². The van der Waals surface area contributed by atoms with Gasteiger partial charge in [-0.2, -0.15) is 0 Å². The summed E-state index contributed by atoms with van der Waals surface area (Å²) in [6.45, 7) is 0. The molecule has 0 atom stereocenters. The van der Waals surface area contributed by atoms with E-state index in [4.69, 9.17) is 4.74 Å². The standard InChI is InChI=1S/C16H14N2O/c1-17-16-10-7-12-11-14(8-9-15(12)18-16)19-13-5-3-2-4-6-13/h2-11H,1H3,(H,17,18). The molecular weight excluding hydrogens is 236 g/mol. The molecule has 0 fully saturated rings. The molecule has 19 heavy (non-hydrogen) atoms. The third-order valence-electron chi connectivity index (χ3n) is 2.90. The number of anilines is 1. The van der Waals surface area contributed by atoms with Gasteiger partial charge in [-0.15, -0.1) is 0 Å². The number of nitrogens with zero attached hydrogens (tertiary/aromatic N) is 1. The van der Waals surface area contributed by atoms with Crippen LogP contribution in [0, 0.1) is 0 Å². The number of pyridine rings is 1. The van der Waals surface area contributed by atoms with Gasteiger partial charge in [0.25, 0.3) is 0 Å². The van der Waals surface area contributed by atoms with Crippen LogP contribution in [0.5, 0.6) is 11.5 Å². The SMILES string of the molecule is CNc1ccc2cc(Oc3ccccc3)ccc2n1. The average Bonchev–Trinajstić information content (AvgIpc) is 2.48. The van der Waals surface area contributed by atoms with Crippen LogP contribution in [-0.4, -0.2) is 12.0 Å². The first-order chi connectivity index (χ1) is 9.35.